The van der Waals surface area contributed by atoms with E-state index in [0.29, 0.717) is 6.04 Å². The van der Waals surface area contributed by atoms with Gasteiger partial charge in [-0.1, -0.05) is 0 Å². The molecular formula is C20H34N6. The molecule has 1 saturated heterocycles. The van der Waals surface area contributed by atoms with Crippen molar-refractivity contribution in [3.8, 4) is 0 Å². The summed E-state index contributed by atoms with van der Waals surface area (Å²) in [5.41, 5.74) is 1.23. The highest BCUT2D eigenvalue weighted by Gasteiger charge is 2.41. The van der Waals surface area contributed by atoms with E-state index >= 15 is 0 Å². The first-order valence-corrected chi connectivity index (χ1v) is 10.5. The van der Waals surface area contributed by atoms with Crippen LogP contribution in [0.25, 0.3) is 0 Å². The van der Waals surface area contributed by atoms with Crippen molar-refractivity contribution < 1.29 is 0 Å². The molecule has 1 aliphatic heterocycles. The molecule has 3 aliphatic rings. The van der Waals surface area contributed by atoms with Gasteiger partial charge < -0.3 is 15.5 Å². The van der Waals surface area contributed by atoms with Gasteiger partial charge in [0, 0.05) is 45.5 Å². The molecule has 1 aromatic rings. The molecule has 6 nitrogen and oxygen atoms in total. The summed E-state index contributed by atoms with van der Waals surface area (Å²) in [7, 11) is 1.98. The Bertz CT molecular complexity index is 604. The maximum Gasteiger partial charge on any atom is 0.191 e. The predicted octanol–water partition coefficient (Wildman–Crippen LogP) is 2.38. The highest BCUT2D eigenvalue weighted by atomic mass is 15.3. The third-order valence-electron chi connectivity index (χ3n) is 6.08. The molecule has 26 heavy (non-hydrogen) atoms. The normalized spacial score (nSPS) is 24.2. The van der Waals surface area contributed by atoms with Gasteiger partial charge in [0.05, 0.1) is 11.9 Å². The zero-order valence-corrected chi connectivity index (χ0v) is 16.3. The summed E-state index contributed by atoms with van der Waals surface area (Å²) in [6, 6.07) is 0.446. The van der Waals surface area contributed by atoms with Gasteiger partial charge in [0.15, 0.2) is 5.96 Å². The number of piperidine rings is 1. The highest BCUT2D eigenvalue weighted by Crippen LogP contribution is 2.49. The van der Waals surface area contributed by atoms with Gasteiger partial charge in [0.1, 0.15) is 0 Å². The van der Waals surface area contributed by atoms with Crippen LogP contribution in [0.4, 0.5) is 5.69 Å². The molecule has 1 aromatic heterocycles. The lowest BCUT2D eigenvalue weighted by atomic mass is 9.98. The Hall–Kier alpha value is -1.72. The van der Waals surface area contributed by atoms with Crippen LogP contribution in [0.1, 0.15) is 45.4 Å². The number of hydrogen-bond acceptors (Lipinski definition) is 3. The van der Waals surface area contributed by atoms with E-state index in [1.807, 2.05) is 17.9 Å². The van der Waals surface area contributed by atoms with Gasteiger partial charge in [-0.05, 0) is 63.2 Å². The summed E-state index contributed by atoms with van der Waals surface area (Å²) in [5.74, 6) is 3.77. The topological polar surface area (TPSA) is 57.5 Å². The number of rotatable bonds is 7. The number of aliphatic imine (C=N–C) groups is 1. The summed E-state index contributed by atoms with van der Waals surface area (Å²) in [4.78, 5) is 7.43. The predicted molar refractivity (Wildman–Crippen MR) is 106 cm³/mol. The maximum atomic E-state index is 4.99. The summed E-state index contributed by atoms with van der Waals surface area (Å²) < 4.78 is 1.88. The second kappa shape index (κ2) is 7.89. The van der Waals surface area contributed by atoms with Crippen LogP contribution in [0.5, 0.6) is 0 Å². The molecule has 1 atom stereocenters. The molecule has 6 heteroatoms. The fourth-order valence-electron chi connectivity index (χ4n) is 4.34. The fourth-order valence-corrected chi connectivity index (χ4v) is 4.34. The van der Waals surface area contributed by atoms with E-state index in [0.717, 1.165) is 49.9 Å². The lowest BCUT2D eigenvalue weighted by Crippen LogP contribution is -2.51. The van der Waals surface area contributed by atoms with Crippen molar-refractivity contribution in [1.29, 1.82) is 0 Å². The molecule has 0 radical (unpaired) electrons. The van der Waals surface area contributed by atoms with Gasteiger partial charge in [0.25, 0.3) is 0 Å². The molecule has 1 unspecified atom stereocenters. The van der Waals surface area contributed by atoms with Gasteiger partial charge in [-0.25, -0.2) is 0 Å². The molecule has 4 rings (SSSR count). The van der Waals surface area contributed by atoms with E-state index in [4.69, 9.17) is 4.99 Å². The first kappa shape index (κ1) is 17.7. The summed E-state index contributed by atoms with van der Waals surface area (Å²) in [5, 5.41) is 11.5. The maximum absolute atomic E-state index is 4.99. The average Bonchev–Trinajstić information content (AvgIpc) is 3.56. The smallest absolute Gasteiger partial charge is 0.191 e. The lowest BCUT2D eigenvalue weighted by molar-refractivity contribution is 0.415. The number of aromatic nitrogens is 2. The standard InChI is InChI=1S/C20H34N6/c1-3-21-20(22-12-19(15-6-7-15)16-8-9-16)24-17-5-4-10-26(13-17)18-11-23-25(2)14-18/h11,14-17,19H,3-10,12-13H2,1-2H3,(H2,21,22,24). The van der Waals surface area contributed by atoms with Gasteiger partial charge in [-0.3, -0.25) is 9.67 Å². The molecule has 0 aromatic carbocycles. The van der Waals surface area contributed by atoms with Crippen LogP contribution in [0.15, 0.2) is 17.4 Å². The average molecular weight is 359 g/mol. The van der Waals surface area contributed by atoms with Crippen LogP contribution < -0.4 is 15.5 Å². The second-order valence-corrected chi connectivity index (χ2v) is 8.36. The van der Waals surface area contributed by atoms with E-state index in [2.05, 4.69) is 33.8 Å². The third kappa shape index (κ3) is 4.51. The van der Waals surface area contributed by atoms with E-state index in [-0.39, 0.29) is 0 Å². The van der Waals surface area contributed by atoms with E-state index < -0.39 is 0 Å². The molecule has 2 saturated carbocycles. The van der Waals surface area contributed by atoms with Crippen LogP contribution in [-0.2, 0) is 7.05 Å². The van der Waals surface area contributed by atoms with Gasteiger partial charge >= 0.3 is 0 Å². The Morgan fingerprint density at radius 1 is 1.27 bits per heavy atom. The molecule has 0 amide bonds. The van der Waals surface area contributed by atoms with Crippen LogP contribution in [-0.4, -0.2) is 48.0 Å². The second-order valence-electron chi connectivity index (χ2n) is 8.36. The SMILES string of the molecule is CCNC(=NCC(C1CC1)C1CC1)NC1CCCN(c2cnn(C)c2)C1. The summed E-state index contributed by atoms with van der Waals surface area (Å²) >= 11 is 0. The van der Waals surface area contributed by atoms with Crippen molar-refractivity contribution in [2.24, 2.45) is 29.8 Å². The Kier molecular flexibility index (Phi) is 5.36. The summed E-state index contributed by atoms with van der Waals surface area (Å²) in [6.07, 6.45) is 12.2. The number of nitrogens with one attached hydrogen (secondary N) is 2. The minimum atomic E-state index is 0.446. The quantitative estimate of drug-likeness (QED) is 0.580. The number of hydrogen-bond donors (Lipinski definition) is 2. The molecule has 3 fully saturated rings. The van der Waals surface area contributed by atoms with Crippen LogP contribution >= 0.6 is 0 Å². The molecule has 2 heterocycles. The van der Waals surface area contributed by atoms with Crippen molar-refractivity contribution in [1.82, 2.24) is 20.4 Å². The van der Waals surface area contributed by atoms with Crippen LogP contribution in [0.3, 0.4) is 0 Å². The Morgan fingerprint density at radius 2 is 2.04 bits per heavy atom. The molecule has 0 spiro atoms. The number of nitrogens with zero attached hydrogens (tertiary/aromatic N) is 4. The van der Waals surface area contributed by atoms with Crippen molar-refractivity contribution in [3.05, 3.63) is 12.4 Å². The molecule has 2 N–H and O–H groups in total. The number of anilines is 1. The van der Waals surface area contributed by atoms with Crippen molar-refractivity contribution in [3.63, 3.8) is 0 Å². The van der Waals surface area contributed by atoms with Gasteiger partial charge in [-0.15, -0.1) is 0 Å². The first-order valence-electron chi connectivity index (χ1n) is 10.5. The van der Waals surface area contributed by atoms with Gasteiger partial charge in [0.2, 0.25) is 0 Å². The van der Waals surface area contributed by atoms with Crippen molar-refractivity contribution in [2.45, 2.75) is 51.5 Å². The molecule has 144 valence electrons. The lowest BCUT2D eigenvalue weighted by Gasteiger charge is -2.34. The minimum Gasteiger partial charge on any atom is -0.367 e. The number of aryl methyl sites for hydroxylation is 1. The highest BCUT2D eigenvalue weighted by molar-refractivity contribution is 5.80. The Balaban J connectivity index is 1.35. The molecule has 0 bridgehead atoms. The van der Waals surface area contributed by atoms with Crippen molar-refractivity contribution >= 4 is 11.6 Å². The molecular weight excluding hydrogens is 324 g/mol. The van der Waals surface area contributed by atoms with Crippen molar-refractivity contribution in [2.75, 3.05) is 31.1 Å². The van der Waals surface area contributed by atoms with E-state index in [1.165, 1.54) is 44.2 Å². The monoisotopic (exact) mass is 358 g/mol. The van der Waals surface area contributed by atoms with E-state index in [1.54, 1.807) is 0 Å². The van der Waals surface area contributed by atoms with Crippen LogP contribution in [0, 0.1) is 17.8 Å². The zero-order valence-electron chi connectivity index (χ0n) is 16.3. The fraction of sp³-hybridized carbons (Fsp3) is 0.800. The third-order valence-corrected chi connectivity index (χ3v) is 6.08. The largest absolute Gasteiger partial charge is 0.367 e. The zero-order chi connectivity index (χ0) is 17.9. The summed E-state index contributed by atoms with van der Waals surface area (Å²) in [6.45, 7) is 6.21. The first-order chi connectivity index (χ1) is 12.7. The van der Waals surface area contributed by atoms with Gasteiger partial charge in [-0.2, -0.15) is 5.10 Å². The molecule has 2 aliphatic carbocycles. The Labute approximate surface area is 157 Å². The Morgan fingerprint density at radius 3 is 2.65 bits per heavy atom. The van der Waals surface area contributed by atoms with E-state index in [9.17, 15) is 0 Å². The number of guanidine groups is 1. The van der Waals surface area contributed by atoms with Crippen LogP contribution in [0.2, 0.25) is 0 Å². The minimum absolute atomic E-state index is 0.446.